The Morgan fingerprint density at radius 2 is 1.85 bits per heavy atom. The molecule has 0 aliphatic heterocycles. The maximum Gasteiger partial charge on any atom is 0.430 e. The number of rotatable bonds is 4. The van der Waals surface area contributed by atoms with Gasteiger partial charge in [0.15, 0.2) is 11.5 Å². The van der Waals surface area contributed by atoms with Gasteiger partial charge < -0.3 is 21.3 Å². The number of hydrogen-bond acceptors (Lipinski definition) is 8. The molecular weight excluding hydrogens is 441 g/mol. The Bertz CT molecular complexity index is 1270. The Kier molecular flexibility index (Phi) is 6.19. The summed E-state index contributed by atoms with van der Waals surface area (Å²) < 4.78 is 45.3. The molecule has 0 fully saturated rings. The van der Waals surface area contributed by atoms with Crippen LogP contribution in [0.2, 0.25) is 0 Å². The van der Waals surface area contributed by atoms with Crippen LogP contribution in [0.1, 0.15) is 22.5 Å². The molecule has 1 amide bonds. The van der Waals surface area contributed by atoms with Crippen LogP contribution in [0.25, 0.3) is 11.3 Å². The summed E-state index contributed by atoms with van der Waals surface area (Å²) >= 11 is 0. The number of benzene rings is 1. The van der Waals surface area contributed by atoms with Gasteiger partial charge in [0.1, 0.15) is 5.69 Å². The van der Waals surface area contributed by atoms with Gasteiger partial charge in [-0.2, -0.15) is 13.2 Å². The van der Waals surface area contributed by atoms with Gasteiger partial charge >= 0.3 is 6.18 Å². The van der Waals surface area contributed by atoms with Crippen LogP contribution in [0.5, 0.6) is 5.88 Å². The van der Waals surface area contributed by atoms with Crippen molar-refractivity contribution in [3.05, 3.63) is 59.3 Å². The van der Waals surface area contributed by atoms with Gasteiger partial charge in [-0.15, -0.1) is 0 Å². The molecule has 5 N–H and O–H groups in total. The molecule has 3 rings (SSSR count). The highest BCUT2D eigenvalue weighted by atomic mass is 19.4. The molecule has 1 atom stereocenters. The van der Waals surface area contributed by atoms with E-state index in [2.05, 4.69) is 31.8 Å². The maximum absolute atomic E-state index is 13.5. The van der Waals surface area contributed by atoms with E-state index < -0.39 is 23.2 Å². The zero-order valence-electron chi connectivity index (χ0n) is 17.3. The number of anilines is 1. The van der Waals surface area contributed by atoms with Gasteiger partial charge in [-0.1, -0.05) is 12.1 Å². The average Bonchev–Trinajstić information content (AvgIpc) is 2.78. The lowest BCUT2D eigenvalue weighted by atomic mass is 9.89. The molecule has 12 heteroatoms. The van der Waals surface area contributed by atoms with Gasteiger partial charge in [0.25, 0.3) is 11.5 Å². The van der Waals surface area contributed by atoms with Crippen molar-refractivity contribution < 1.29 is 27.8 Å². The number of aliphatic hydroxyl groups is 1. The van der Waals surface area contributed by atoms with Crippen LogP contribution in [-0.4, -0.2) is 44.2 Å². The fourth-order valence-electron chi connectivity index (χ4n) is 2.80. The molecule has 0 aliphatic carbocycles. The van der Waals surface area contributed by atoms with Crippen molar-refractivity contribution in [1.82, 2.24) is 19.9 Å². The number of halogens is 3. The summed E-state index contributed by atoms with van der Waals surface area (Å²) in [5, 5.41) is 10.1. The molecule has 2 heterocycles. The molecule has 0 bridgehead atoms. The maximum atomic E-state index is 13.5. The topological polar surface area (TPSA) is 150 Å². The monoisotopic (exact) mass is 458 g/mol. The third-order valence-electron chi connectivity index (χ3n) is 4.65. The van der Waals surface area contributed by atoms with Crippen molar-refractivity contribution in [2.24, 2.45) is 5.73 Å². The molecular formula is C21H17F3N6O3. The van der Waals surface area contributed by atoms with Crippen LogP contribution in [0.3, 0.4) is 0 Å². The van der Waals surface area contributed by atoms with Gasteiger partial charge in [-0.3, -0.25) is 4.79 Å². The molecule has 0 saturated carbocycles. The molecule has 2 aromatic heterocycles. The van der Waals surface area contributed by atoms with Crippen LogP contribution in [-0.2, 0) is 10.4 Å². The normalized spacial score (nSPS) is 12.9. The van der Waals surface area contributed by atoms with Gasteiger partial charge in [0.2, 0.25) is 5.88 Å². The number of nitrogen functional groups attached to an aromatic ring is 1. The minimum atomic E-state index is -5.34. The predicted octanol–water partition coefficient (Wildman–Crippen LogP) is 1.47. The number of methoxy groups -OCH3 is 1. The first-order valence-electron chi connectivity index (χ1n) is 9.18. The smallest absolute Gasteiger partial charge is 0.430 e. The van der Waals surface area contributed by atoms with Crippen molar-refractivity contribution in [2.75, 3.05) is 12.8 Å². The van der Waals surface area contributed by atoms with E-state index in [0.717, 1.165) is 12.1 Å². The second-order valence-electron chi connectivity index (χ2n) is 6.79. The van der Waals surface area contributed by atoms with Crippen LogP contribution >= 0.6 is 0 Å². The molecule has 170 valence electrons. The minimum absolute atomic E-state index is 0.0227. The van der Waals surface area contributed by atoms with E-state index in [4.69, 9.17) is 16.2 Å². The Morgan fingerprint density at radius 1 is 1.12 bits per heavy atom. The summed E-state index contributed by atoms with van der Waals surface area (Å²) in [6.07, 6.45) is -1.37. The minimum Gasteiger partial charge on any atom is -0.480 e. The van der Waals surface area contributed by atoms with E-state index in [1.165, 1.54) is 31.8 Å². The van der Waals surface area contributed by atoms with Crippen molar-refractivity contribution in [1.29, 1.82) is 0 Å². The van der Waals surface area contributed by atoms with E-state index in [9.17, 15) is 23.1 Å². The highest BCUT2D eigenvalue weighted by Gasteiger charge is 2.60. The number of amides is 1. The first-order valence-corrected chi connectivity index (χ1v) is 9.18. The van der Waals surface area contributed by atoms with Crippen molar-refractivity contribution in [2.45, 2.75) is 18.7 Å². The van der Waals surface area contributed by atoms with Crippen LogP contribution in [0, 0.1) is 18.8 Å². The SMILES string of the molecule is COc1cnc(C#Cc2nc(-c3cc(C(O)(C(N)=O)C(F)(F)F)ccc3C)cnc2N)cn1. The summed E-state index contributed by atoms with van der Waals surface area (Å²) in [5.74, 6) is 3.71. The quantitative estimate of drug-likeness (QED) is 0.498. The molecule has 0 radical (unpaired) electrons. The van der Waals surface area contributed by atoms with E-state index in [0.29, 0.717) is 11.4 Å². The molecule has 0 saturated heterocycles. The fourth-order valence-corrected chi connectivity index (χ4v) is 2.80. The largest absolute Gasteiger partial charge is 0.480 e. The third kappa shape index (κ3) is 4.53. The van der Waals surface area contributed by atoms with E-state index >= 15 is 0 Å². The lowest BCUT2D eigenvalue weighted by molar-refractivity contribution is -0.255. The highest BCUT2D eigenvalue weighted by molar-refractivity contribution is 5.86. The molecule has 0 spiro atoms. The first kappa shape index (κ1) is 23.4. The van der Waals surface area contributed by atoms with Crippen molar-refractivity contribution in [3.8, 4) is 29.0 Å². The Morgan fingerprint density at radius 3 is 2.42 bits per heavy atom. The number of aromatic nitrogens is 4. The molecule has 33 heavy (non-hydrogen) atoms. The standard InChI is InChI=1S/C21H17F3N6O3/c1-11-3-4-12(20(32,19(26)31)21(22,23)24)7-14(11)16-9-29-18(25)15(30-16)6-5-13-8-28-17(33-2)10-27-13/h3-4,7-10,32H,1-2H3,(H2,25,29)(H2,26,31). The Labute approximate surface area is 185 Å². The fraction of sp³-hybridized carbons (Fsp3) is 0.190. The number of nitrogens with two attached hydrogens (primary N) is 2. The number of carbonyl (C=O) groups excluding carboxylic acids is 1. The predicted molar refractivity (Wildman–Crippen MR) is 110 cm³/mol. The van der Waals surface area contributed by atoms with Crippen molar-refractivity contribution >= 4 is 11.7 Å². The molecule has 1 unspecified atom stereocenters. The molecule has 1 aromatic carbocycles. The van der Waals surface area contributed by atoms with E-state index in [1.807, 2.05) is 0 Å². The number of alkyl halides is 3. The van der Waals surface area contributed by atoms with Crippen LogP contribution < -0.4 is 16.2 Å². The zero-order chi connectivity index (χ0) is 24.4. The van der Waals surface area contributed by atoms with Crippen LogP contribution in [0.4, 0.5) is 19.0 Å². The number of ether oxygens (including phenoxy) is 1. The molecule has 0 aliphatic rings. The Hall–Kier alpha value is -4.24. The lowest BCUT2D eigenvalue weighted by Crippen LogP contribution is -2.52. The molecule has 3 aromatic rings. The van der Waals surface area contributed by atoms with E-state index in [-0.39, 0.29) is 28.5 Å². The first-order chi connectivity index (χ1) is 15.5. The highest BCUT2D eigenvalue weighted by Crippen LogP contribution is 2.40. The number of carbonyl (C=O) groups is 1. The van der Waals surface area contributed by atoms with Gasteiger partial charge in [-0.05, 0) is 30.4 Å². The Balaban J connectivity index is 2.07. The lowest BCUT2D eigenvalue weighted by Gasteiger charge is -2.28. The summed E-state index contributed by atoms with van der Waals surface area (Å²) in [4.78, 5) is 27.8. The van der Waals surface area contributed by atoms with Gasteiger partial charge in [0.05, 0.1) is 31.4 Å². The van der Waals surface area contributed by atoms with E-state index in [1.54, 1.807) is 6.92 Å². The number of aryl methyl sites for hydroxylation is 1. The summed E-state index contributed by atoms with van der Waals surface area (Å²) in [6.45, 7) is 1.60. The summed E-state index contributed by atoms with van der Waals surface area (Å²) in [5.41, 5.74) is 7.16. The van der Waals surface area contributed by atoms with Crippen LogP contribution in [0.15, 0.2) is 36.8 Å². The van der Waals surface area contributed by atoms with Crippen molar-refractivity contribution in [3.63, 3.8) is 0 Å². The number of primary amides is 1. The summed E-state index contributed by atoms with van der Waals surface area (Å²) in [6, 6.07) is 3.23. The third-order valence-corrected chi connectivity index (χ3v) is 4.65. The van der Waals surface area contributed by atoms with Gasteiger partial charge in [0, 0.05) is 11.1 Å². The number of hydrogen-bond donors (Lipinski definition) is 3. The van der Waals surface area contributed by atoms with Gasteiger partial charge in [-0.25, -0.2) is 19.9 Å². The molecule has 9 nitrogen and oxygen atoms in total. The zero-order valence-corrected chi connectivity index (χ0v) is 17.3. The second kappa shape index (κ2) is 8.71. The number of nitrogens with zero attached hydrogens (tertiary/aromatic N) is 4. The second-order valence-corrected chi connectivity index (χ2v) is 6.79. The average molecular weight is 458 g/mol. The summed E-state index contributed by atoms with van der Waals surface area (Å²) in [7, 11) is 1.44.